The zero-order chi connectivity index (χ0) is 11.3. The Kier molecular flexibility index (Phi) is 4.13. The average Bonchev–Trinajstić information content (AvgIpc) is 2.25. The third-order valence-electron chi connectivity index (χ3n) is 1.63. The first-order valence-corrected chi connectivity index (χ1v) is 5.54. The molecule has 15 heavy (non-hydrogen) atoms. The normalized spacial score (nSPS) is 10.9. The van der Waals surface area contributed by atoms with Crippen molar-refractivity contribution in [2.45, 2.75) is 5.03 Å². The van der Waals surface area contributed by atoms with Crippen LogP contribution in [0.3, 0.4) is 0 Å². The van der Waals surface area contributed by atoms with Gasteiger partial charge in [0, 0.05) is 20.3 Å². The molecule has 1 aromatic rings. The second kappa shape index (κ2) is 5.37. The van der Waals surface area contributed by atoms with Crippen LogP contribution in [0.2, 0.25) is 0 Å². The van der Waals surface area contributed by atoms with Crippen LogP contribution in [0.5, 0.6) is 0 Å². The Labute approximate surface area is 93.6 Å². The minimum absolute atomic E-state index is 0.540. The van der Waals surface area contributed by atoms with Gasteiger partial charge in [0.15, 0.2) is 0 Å². The largest absolute Gasteiger partial charge is 0.382 e. The van der Waals surface area contributed by atoms with Crippen molar-refractivity contribution < 1.29 is 0 Å². The van der Waals surface area contributed by atoms with Crippen molar-refractivity contribution in [3.8, 4) is 6.07 Å². The van der Waals surface area contributed by atoms with Crippen molar-refractivity contribution >= 4 is 17.3 Å². The topological polar surface area (TPSA) is 52.8 Å². The molecule has 0 aliphatic carbocycles. The highest BCUT2D eigenvalue weighted by atomic mass is 32.2. The molecule has 0 spiro atoms. The van der Waals surface area contributed by atoms with Crippen LogP contribution in [0.15, 0.2) is 23.6 Å². The maximum absolute atomic E-state index is 8.98. The number of rotatable bonds is 3. The van der Waals surface area contributed by atoms with E-state index in [2.05, 4.69) is 16.0 Å². The third-order valence-corrected chi connectivity index (χ3v) is 2.28. The summed E-state index contributed by atoms with van der Waals surface area (Å²) in [4.78, 5) is 9.94. The average molecular weight is 220 g/mol. The van der Waals surface area contributed by atoms with Crippen molar-refractivity contribution in [2.24, 2.45) is 0 Å². The number of nitrogens with zero attached hydrogens (tertiary/aromatic N) is 4. The lowest BCUT2D eigenvalue weighted by molar-refractivity contribution is 0.566. The van der Waals surface area contributed by atoms with Crippen LogP contribution in [0.1, 0.15) is 5.69 Å². The minimum atomic E-state index is 0.540. The number of hydrogen-bond acceptors (Lipinski definition) is 5. The monoisotopic (exact) mass is 220 g/mol. The van der Waals surface area contributed by atoms with E-state index >= 15 is 0 Å². The molecule has 0 bridgehead atoms. The quantitative estimate of drug-likeness (QED) is 0.440. The van der Waals surface area contributed by atoms with Gasteiger partial charge in [0.2, 0.25) is 0 Å². The van der Waals surface area contributed by atoms with Crippen molar-refractivity contribution in [3.63, 3.8) is 0 Å². The molecule has 0 aromatic carbocycles. The number of nitriles is 1. The smallest absolute Gasteiger partial charge is 0.117 e. The van der Waals surface area contributed by atoms with Gasteiger partial charge in [-0.1, -0.05) is 0 Å². The second-order valence-electron chi connectivity index (χ2n) is 3.06. The van der Waals surface area contributed by atoms with Gasteiger partial charge in [0.1, 0.15) is 12.4 Å². The molecule has 0 amide bonds. The van der Waals surface area contributed by atoms with Crippen LogP contribution in [0.25, 0.3) is 5.57 Å². The summed E-state index contributed by atoms with van der Waals surface area (Å²) in [5.41, 5.74) is 1.20. The van der Waals surface area contributed by atoms with Gasteiger partial charge in [-0.3, -0.25) is 0 Å². The molecule has 0 saturated heterocycles. The highest BCUT2D eigenvalue weighted by Crippen LogP contribution is 2.16. The second-order valence-corrected chi connectivity index (χ2v) is 3.89. The number of hydrogen-bond donors (Lipinski definition) is 0. The van der Waals surface area contributed by atoms with E-state index in [1.165, 1.54) is 18.1 Å². The van der Waals surface area contributed by atoms with Gasteiger partial charge in [-0.15, -0.1) is 11.8 Å². The highest BCUT2D eigenvalue weighted by molar-refractivity contribution is 7.98. The van der Waals surface area contributed by atoms with Crippen molar-refractivity contribution in [3.05, 3.63) is 24.3 Å². The summed E-state index contributed by atoms with van der Waals surface area (Å²) < 4.78 is 0. The van der Waals surface area contributed by atoms with Crippen molar-refractivity contribution in [1.82, 2.24) is 14.9 Å². The third kappa shape index (κ3) is 3.26. The number of allylic oxidation sites excluding steroid dienone is 1. The maximum atomic E-state index is 8.98. The Morgan fingerprint density at radius 3 is 2.80 bits per heavy atom. The lowest BCUT2D eigenvalue weighted by Crippen LogP contribution is -2.03. The predicted molar refractivity (Wildman–Crippen MR) is 61.1 cm³/mol. The van der Waals surface area contributed by atoms with Crippen LogP contribution in [0, 0.1) is 11.3 Å². The van der Waals surface area contributed by atoms with Crippen molar-refractivity contribution in [1.29, 1.82) is 5.26 Å². The summed E-state index contributed by atoms with van der Waals surface area (Å²) in [6.45, 7) is 0. The molecule has 78 valence electrons. The molecule has 0 N–H and O–H groups in total. The maximum Gasteiger partial charge on any atom is 0.117 e. The van der Waals surface area contributed by atoms with E-state index in [-0.39, 0.29) is 0 Å². The summed E-state index contributed by atoms with van der Waals surface area (Å²) in [5.74, 6) is 0. The predicted octanol–water partition coefficient (Wildman–Crippen LogP) is 1.62. The standard InChI is InChI=1S/C10H12N4S/c1-14(2)6-8(5-11)9-4-10(15-3)13-7-12-9/h4,6-7H,1-3H3. The van der Waals surface area contributed by atoms with E-state index in [1.54, 1.807) is 6.20 Å². The van der Waals surface area contributed by atoms with E-state index in [1.807, 2.05) is 31.3 Å². The Hall–Kier alpha value is -1.54. The molecular formula is C10H12N4S. The fraction of sp³-hybridized carbons (Fsp3) is 0.300. The molecule has 5 heteroatoms. The zero-order valence-corrected chi connectivity index (χ0v) is 9.75. The molecule has 1 rings (SSSR count). The molecule has 0 aliphatic heterocycles. The number of thioether (sulfide) groups is 1. The first kappa shape index (κ1) is 11.5. The van der Waals surface area contributed by atoms with Crippen LogP contribution < -0.4 is 0 Å². The SMILES string of the molecule is CSc1cc(C(C#N)=CN(C)C)ncn1. The molecule has 0 unspecified atom stereocenters. The van der Waals surface area contributed by atoms with Gasteiger partial charge in [-0.05, 0) is 12.3 Å². The lowest BCUT2D eigenvalue weighted by atomic mass is 10.2. The van der Waals surface area contributed by atoms with Crippen LogP contribution in [0.4, 0.5) is 0 Å². The molecule has 1 heterocycles. The fourth-order valence-corrected chi connectivity index (χ4v) is 1.39. The molecule has 1 aromatic heterocycles. The van der Waals surface area contributed by atoms with Gasteiger partial charge in [-0.25, -0.2) is 9.97 Å². The van der Waals surface area contributed by atoms with Gasteiger partial charge in [-0.2, -0.15) is 5.26 Å². The molecule has 4 nitrogen and oxygen atoms in total. The Morgan fingerprint density at radius 2 is 2.27 bits per heavy atom. The van der Waals surface area contributed by atoms with Gasteiger partial charge in [0.25, 0.3) is 0 Å². The van der Waals surface area contributed by atoms with Gasteiger partial charge < -0.3 is 4.90 Å². The summed E-state index contributed by atoms with van der Waals surface area (Å²) in [6, 6.07) is 3.93. The molecular weight excluding hydrogens is 208 g/mol. The molecule has 0 aliphatic rings. The van der Waals surface area contributed by atoms with E-state index in [9.17, 15) is 0 Å². The van der Waals surface area contributed by atoms with E-state index in [0.717, 1.165) is 5.03 Å². The zero-order valence-electron chi connectivity index (χ0n) is 8.93. The van der Waals surface area contributed by atoms with Crippen LogP contribution >= 0.6 is 11.8 Å². The van der Waals surface area contributed by atoms with E-state index in [4.69, 9.17) is 5.26 Å². The Bertz CT molecular complexity index is 406. The summed E-state index contributed by atoms with van der Waals surface area (Å²) in [5, 5.41) is 9.84. The molecule has 0 atom stereocenters. The van der Waals surface area contributed by atoms with Gasteiger partial charge in [0.05, 0.1) is 16.3 Å². The summed E-state index contributed by atoms with van der Waals surface area (Å²) >= 11 is 1.53. The molecule has 0 saturated carbocycles. The van der Waals surface area contributed by atoms with Crippen LogP contribution in [-0.4, -0.2) is 35.2 Å². The van der Waals surface area contributed by atoms with E-state index in [0.29, 0.717) is 11.3 Å². The van der Waals surface area contributed by atoms with Gasteiger partial charge >= 0.3 is 0 Å². The van der Waals surface area contributed by atoms with Crippen molar-refractivity contribution in [2.75, 3.05) is 20.4 Å². The highest BCUT2D eigenvalue weighted by Gasteiger charge is 2.04. The first-order chi connectivity index (χ1) is 7.17. The molecule has 0 fully saturated rings. The first-order valence-electron chi connectivity index (χ1n) is 4.32. The lowest BCUT2D eigenvalue weighted by Gasteiger charge is -2.06. The Morgan fingerprint density at radius 1 is 1.53 bits per heavy atom. The number of aromatic nitrogens is 2. The van der Waals surface area contributed by atoms with Crippen LogP contribution in [-0.2, 0) is 0 Å². The summed E-state index contributed by atoms with van der Waals surface area (Å²) in [6.07, 6.45) is 5.16. The summed E-state index contributed by atoms with van der Waals surface area (Å²) in [7, 11) is 3.74. The van der Waals surface area contributed by atoms with E-state index < -0.39 is 0 Å². The minimum Gasteiger partial charge on any atom is -0.382 e. The fourth-order valence-electron chi connectivity index (χ4n) is 1.01. The Balaban J connectivity index is 3.09. The molecule has 0 radical (unpaired) electrons.